The third kappa shape index (κ3) is 1.99. The molecule has 1 aromatic carbocycles. The lowest BCUT2D eigenvalue weighted by atomic mass is 10.1. The van der Waals surface area contributed by atoms with Crippen LogP contribution in [0.1, 0.15) is 18.3 Å². The van der Waals surface area contributed by atoms with Crippen LogP contribution in [0.25, 0.3) is 16.2 Å². The van der Waals surface area contributed by atoms with Gasteiger partial charge in [0.15, 0.2) is 4.96 Å². The molecule has 0 radical (unpaired) electrons. The molecule has 0 spiro atoms. The molecule has 0 saturated heterocycles. The van der Waals surface area contributed by atoms with E-state index in [1.165, 1.54) is 0 Å². The van der Waals surface area contributed by atoms with Gasteiger partial charge >= 0.3 is 0 Å². The van der Waals surface area contributed by atoms with E-state index in [9.17, 15) is 0 Å². The Hall–Kier alpha value is -1.85. The summed E-state index contributed by atoms with van der Waals surface area (Å²) in [7, 11) is 0. The average molecular weight is 287 g/mol. The van der Waals surface area contributed by atoms with Crippen molar-refractivity contribution in [3.63, 3.8) is 0 Å². The van der Waals surface area contributed by atoms with Gasteiger partial charge in [0, 0.05) is 17.5 Å². The maximum absolute atomic E-state index is 5.88. The Bertz CT molecular complexity index is 745. The van der Waals surface area contributed by atoms with E-state index in [2.05, 4.69) is 20.8 Å². The molecule has 2 heterocycles. The average Bonchev–Trinajstić information content (AvgIpc) is 2.97. The first-order chi connectivity index (χ1) is 9.76. The highest BCUT2D eigenvalue weighted by atomic mass is 32.1. The number of hydrogen-bond acceptors (Lipinski definition) is 4. The quantitative estimate of drug-likeness (QED) is 0.801. The Labute approximate surface area is 121 Å². The summed E-state index contributed by atoms with van der Waals surface area (Å²) in [5.41, 5.74) is 10.1. The summed E-state index contributed by atoms with van der Waals surface area (Å²) in [4.78, 5) is 5.54. The number of para-hydroxylation sites is 1. The predicted molar refractivity (Wildman–Crippen MR) is 82.3 cm³/mol. The number of thiazole rings is 1. The number of imidazole rings is 1. The van der Waals surface area contributed by atoms with Crippen LogP contribution in [0.5, 0.6) is 5.75 Å². The summed E-state index contributed by atoms with van der Waals surface area (Å²) >= 11 is 1.63. The molecule has 0 fully saturated rings. The third-order valence-corrected chi connectivity index (χ3v) is 4.14. The van der Waals surface area contributed by atoms with Gasteiger partial charge in [-0.3, -0.25) is 4.40 Å². The third-order valence-electron chi connectivity index (χ3n) is 3.32. The zero-order valence-electron chi connectivity index (χ0n) is 11.6. The van der Waals surface area contributed by atoms with Crippen molar-refractivity contribution >= 4 is 16.3 Å². The first-order valence-corrected chi connectivity index (χ1v) is 7.52. The number of nitrogens with two attached hydrogens (primary N) is 1. The van der Waals surface area contributed by atoms with Crippen LogP contribution >= 0.6 is 11.3 Å². The number of aromatic nitrogens is 2. The molecular weight excluding hydrogens is 270 g/mol. The molecule has 0 aliphatic heterocycles. The number of aryl methyl sites for hydroxylation is 1. The van der Waals surface area contributed by atoms with Gasteiger partial charge in [0.1, 0.15) is 5.75 Å². The summed E-state index contributed by atoms with van der Waals surface area (Å²) < 4.78 is 7.87. The van der Waals surface area contributed by atoms with Crippen molar-refractivity contribution < 1.29 is 4.74 Å². The molecule has 2 aromatic heterocycles. The number of rotatable bonds is 4. The predicted octanol–water partition coefficient (Wildman–Crippen LogP) is 3.23. The minimum atomic E-state index is 0.480. The molecule has 104 valence electrons. The van der Waals surface area contributed by atoms with E-state index >= 15 is 0 Å². The van der Waals surface area contributed by atoms with Crippen LogP contribution < -0.4 is 10.5 Å². The Morgan fingerprint density at radius 2 is 2.15 bits per heavy atom. The standard InChI is InChI=1S/C15H17N3OS/c1-3-19-14-7-5-4-6-11(14)13-9-20-15-17-10(2)12(8-16)18(13)15/h4-7,9H,3,8,16H2,1-2H3. The van der Waals surface area contributed by atoms with Crippen LogP contribution in [0, 0.1) is 6.92 Å². The van der Waals surface area contributed by atoms with E-state index in [4.69, 9.17) is 10.5 Å². The Morgan fingerprint density at radius 3 is 2.90 bits per heavy atom. The van der Waals surface area contributed by atoms with E-state index in [0.717, 1.165) is 33.4 Å². The normalized spacial score (nSPS) is 11.2. The van der Waals surface area contributed by atoms with Gasteiger partial charge in [-0.1, -0.05) is 12.1 Å². The molecule has 0 amide bonds. The second-order valence-corrected chi connectivity index (χ2v) is 5.35. The van der Waals surface area contributed by atoms with Crippen molar-refractivity contribution in [3.8, 4) is 17.0 Å². The molecule has 0 aliphatic rings. The highest BCUT2D eigenvalue weighted by molar-refractivity contribution is 7.15. The van der Waals surface area contributed by atoms with Crippen molar-refractivity contribution in [1.82, 2.24) is 9.38 Å². The van der Waals surface area contributed by atoms with Crippen molar-refractivity contribution in [2.24, 2.45) is 5.73 Å². The number of hydrogen-bond donors (Lipinski definition) is 1. The molecule has 2 N–H and O–H groups in total. The molecule has 3 aromatic rings. The Morgan fingerprint density at radius 1 is 1.35 bits per heavy atom. The topological polar surface area (TPSA) is 52.5 Å². The fourth-order valence-corrected chi connectivity index (χ4v) is 3.36. The van der Waals surface area contributed by atoms with Crippen LogP contribution in [0.2, 0.25) is 0 Å². The first kappa shape index (κ1) is 13.1. The van der Waals surface area contributed by atoms with Gasteiger partial charge in [-0.15, -0.1) is 11.3 Å². The van der Waals surface area contributed by atoms with E-state index in [1.54, 1.807) is 11.3 Å². The van der Waals surface area contributed by atoms with Crippen LogP contribution in [0.15, 0.2) is 29.6 Å². The zero-order valence-corrected chi connectivity index (χ0v) is 12.4. The van der Waals surface area contributed by atoms with Gasteiger partial charge in [0.25, 0.3) is 0 Å². The maximum Gasteiger partial charge on any atom is 0.194 e. The molecule has 0 unspecified atom stereocenters. The molecule has 20 heavy (non-hydrogen) atoms. The van der Waals surface area contributed by atoms with Crippen LogP contribution in [-0.2, 0) is 6.54 Å². The molecule has 4 nitrogen and oxygen atoms in total. The van der Waals surface area contributed by atoms with Crippen molar-refractivity contribution in [2.75, 3.05) is 6.61 Å². The van der Waals surface area contributed by atoms with Gasteiger partial charge in [0.05, 0.1) is 23.7 Å². The maximum atomic E-state index is 5.88. The van der Waals surface area contributed by atoms with E-state index in [1.807, 2.05) is 32.0 Å². The van der Waals surface area contributed by atoms with E-state index < -0.39 is 0 Å². The van der Waals surface area contributed by atoms with Crippen LogP contribution in [-0.4, -0.2) is 16.0 Å². The van der Waals surface area contributed by atoms with Gasteiger partial charge in [0.2, 0.25) is 0 Å². The molecule has 0 saturated carbocycles. The first-order valence-electron chi connectivity index (χ1n) is 6.64. The number of ether oxygens (including phenoxy) is 1. The van der Waals surface area contributed by atoms with Gasteiger partial charge < -0.3 is 10.5 Å². The molecule has 5 heteroatoms. The van der Waals surface area contributed by atoms with Crippen LogP contribution in [0.3, 0.4) is 0 Å². The molecule has 0 bridgehead atoms. The van der Waals surface area contributed by atoms with Crippen molar-refractivity contribution in [2.45, 2.75) is 20.4 Å². The van der Waals surface area contributed by atoms with Gasteiger partial charge in [-0.2, -0.15) is 0 Å². The number of benzene rings is 1. The monoisotopic (exact) mass is 287 g/mol. The molecule has 3 rings (SSSR count). The van der Waals surface area contributed by atoms with E-state index in [-0.39, 0.29) is 0 Å². The zero-order chi connectivity index (χ0) is 14.1. The smallest absolute Gasteiger partial charge is 0.194 e. The second-order valence-electron chi connectivity index (χ2n) is 4.52. The summed E-state index contributed by atoms with van der Waals surface area (Å²) in [5.74, 6) is 0.893. The lowest BCUT2D eigenvalue weighted by Gasteiger charge is -2.10. The minimum Gasteiger partial charge on any atom is -0.493 e. The highest BCUT2D eigenvalue weighted by Gasteiger charge is 2.16. The second kappa shape index (κ2) is 5.26. The van der Waals surface area contributed by atoms with Crippen molar-refractivity contribution in [3.05, 3.63) is 41.0 Å². The lowest BCUT2D eigenvalue weighted by molar-refractivity contribution is 0.341. The molecule has 0 atom stereocenters. The highest BCUT2D eigenvalue weighted by Crippen LogP contribution is 2.34. The summed E-state index contributed by atoms with van der Waals surface area (Å²) in [6, 6.07) is 8.07. The summed E-state index contributed by atoms with van der Waals surface area (Å²) in [6.45, 7) is 5.12. The minimum absolute atomic E-state index is 0.480. The Kier molecular flexibility index (Phi) is 3.46. The van der Waals surface area contributed by atoms with E-state index in [0.29, 0.717) is 13.2 Å². The lowest BCUT2D eigenvalue weighted by Crippen LogP contribution is -2.03. The molecule has 0 aliphatic carbocycles. The number of nitrogens with zero attached hydrogens (tertiary/aromatic N) is 2. The van der Waals surface area contributed by atoms with Gasteiger partial charge in [-0.25, -0.2) is 4.98 Å². The fraction of sp³-hybridized carbons (Fsp3) is 0.267. The van der Waals surface area contributed by atoms with Crippen molar-refractivity contribution in [1.29, 1.82) is 0 Å². The SMILES string of the molecule is CCOc1ccccc1-c1csc2nc(C)c(CN)n12. The van der Waals surface area contributed by atoms with Gasteiger partial charge in [-0.05, 0) is 26.0 Å². The van der Waals surface area contributed by atoms with Crippen LogP contribution in [0.4, 0.5) is 0 Å². The Balaban J connectivity index is 2.24. The summed E-state index contributed by atoms with van der Waals surface area (Å²) in [5, 5.41) is 2.11. The summed E-state index contributed by atoms with van der Waals surface area (Å²) in [6.07, 6.45) is 0. The molecular formula is C15H17N3OS. The largest absolute Gasteiger partial charge is 0.493 e. The number of fused-ring (bicyclic) bond motifs is 1. The fourth-order valence-electron chi connectivity index (χ4n) is 2.41.